The van der Waals surface area contributed by atoms with Crippen LogP contribution in [0.25, 0.3) is 6.08 Å². The van der Waals surface area contributed by atoms with Gasteiger partial charge in [-0.3, -0.25) is 4.79 Å². The number of hydrogen-bond acceptors (Lipinski definition) is 4. The Kier molecular flexibility index (Phi) is 6.03. The van der Waals surface area contributed by atoms with Gasteiger partial charge in [0.05, 0.1) is 24.9 Å². The van der Waals surface area contributed by atoms with Gasteiger partial charge in [0, 0.05) is 26.4 Å². The lowest BCUT2D eigenvalue weighted by atomic mass is 9.75. The van der Waals surface area contributed by atoms with Gasteiger partial charge >= 0.3 is 0 Å². The maximum absolute atomic E-state index is 12.0. The molecule has 7 heteroatoms. The average Bonchev–Trinajstić information content (AvgIpc) is 2.51. The summed E-state index contributed by atoms with van der Waals surface area (Å²) in [5.74, 6) is -0.259. The van der Waals surface area contributed by atoms with Crippen LogP contribution in [-0.4, -0.2) is 67.2 Å². The highest BCUT2D eigenvalue weighted by Crippen LogP contribution is 2.41. The fraction of sp³-hybridized carbons (Fsp3) is 0.500. The molecule has 0 spiro atoms. The van der Waals surface area contributed by atoms with Gasteiger partial charge in [-0.15, -0.1) is 0 Å². The van der Waals surface area contributed by atoms with Crippen LogP contribution in [0.15, 0.2) is 30.3 Å². The third-order valence-electron chi connectivity index (χ3n) is 4.79. The molecule has 138 valence electrons. The summed E-state index contributed by atoms with van der Waals surface area (Å²) >= 11 is 0. The van der Waals surface area contributed by atoms with E-state index in [0.717, 1.165) is 17.4 Å². The Balaban J connectivity index is 2.32. The minimum Gasteiger partial charge on any atom is -0.394 e. The van der Waals surface area contributed by atoms with Crippen LogP contribution in [-0.2, 0) is 14.8 Å². The predicted octanol–water partition coefficient (Wildman–Crippen LogP) is 1.29. The number of allylic oxidation sites excluding steroid dienone is 1. The van der Waals surface area contributed by atoms with Crippen LogP contribution >= 0.6 is 0 Å². The summed E-state index contributed by atoms with van der Waals surface area (Å²) in [5, 5.41) is 9.75. The molecule has 0 unspecified atom stereocenters. The van der Waals surface area contributed by atoms with Crippen molar-refractivity contribution in [3.8, 4) is 0 Å². The quantitative estimate of drug-likeness (QED) is 0.823. The van der Waals surface area contributed by atoms with Crippen LogP contribution < -0.4 is 0 Å². The number of carbonyl (C=O) groups is 1. The Hall–Kier alpha value is -1.70. The molecule has 0 saturated carbocycles. The number of likely N-dealkylation sites (tertiary alicyclic amines) is 1. The van der Waals surface area contributed by atoms with Gasteiger partial charge in [0.1, 0.15) is 0 Å². The first-order chi connectivity index (χ1) is 11.7. The van der Waals surface area contributed by atoms with E-state index in [0.29, 0.717) is 0 Å². The van der Waals surface area contributed by atoms with Gasteiger partial charge in [-0.25, -0.2) is 12.7 Å². The molecule has 1 heterocycles. The SMILES string of the molecule is C/C=C/c1ccc([C@@H]2[C@@H](CN(C)S(C)(=O)=O)N(C(C)=O)[C@H]2CO)cc1. The zero-order valence-corrected chi connectivity index (χ0v) is 15.9. The van der Waals surface area contributed by atoms with E-state index in [1.165, 1.54) is 18.3 Å². The minimum atomic E-state index is -3.34. The number of rotatable bonds is 6. The number of likely N-dealkylation sites (N-methyl/N-ethyl adjacent to an activating group) is 1. The lowest BCUT2D eigenvalue weighted by molar-refractivity contribution is -0.148. The van der Waals surface area contributed by atoms with Gasteiger partial charge in [0.2, 0.25) is 15.9 Å². The number of aliphatic hydroxyl groups is 1. The van der Waals surface area contributed by atoms with Crippen molar-refractivity contribution in [2.75, 3.05) is 26.5 Å². The third-order valence-corrected chi connectivity index (χ3v) is 6.07. The monoisotopic (exact) mass is 366 g/mol. The first-order valence-corrected chi connectivity index (χ1v) is 10.1. The number of amides is 1. The number of aliphatic hydroxyl groups excluding tert-OH is 1. The molecular weight excluding hydrogens is 340 g/mol. The Bertz CT molecular complexity index is 743. The highest BCUT2D eigenvalue weighted by Gasteiger charge is 2.50. The van der Waals surface area contributed by atoms with E-state index >= 15 is 0 Å². The van der Waals surface area contributed by atoms with Gasteiger partial charge in [-0.05, 0) is 18.1 Å². The Morgan fingerprint density at radius 2 is 1.88 bits per heavy atom. The highest BCUT2D eigenvalue weighted by molar-refractivity contribution is 7.88. The summed E-state index contributed by atoms with van der Waals surface area (Å²) in [6.45, 7) is 3.45. The van der Waals surface area contributed by atoms with Crippen molar-refractivity contribution in [3.05, 3.63) is 41.5 Å². The minimum absolute atomic E-state index is 0.0993. The molecule has 1 aliphatic rings. The first-order valence-electron chi connectivity index (χ1n) is 8.24. The highest BCUT2D eigenvalue weighted by atomic mass is 32.2. The van der Waals surface area contributed by atoms with E-state index in [2.05, 4.69) is 0 Å². The standard InChI is InChI=1S/C18H26N2O4S/c1-5-6-14-7-9-15(10-8-14)18-16(11-19(3)25(4,23)24)20(13(2)22)17(18)12-21/h5-10,16-18,21H,11-12H2,1-4H3/b6-5+/t16-,17+,18-/m1/s1. The van der Waals surface area contributed by atoms with Crippen LogP contribution in [0.2, 0.25) is 0 Å². The molecule has 0 bridgehead atoms. The molecule has 2 rings (SSSR count). The Morgan fingerprint density at radius 1 is 1.28 bits per heavy atom. The second kappa shape index (κ2) is 7.68. The molecule has 1 aliphatic heterocycles. The van der Waals surface area contributed by atoms with Gasteiger partial charge in [0.25, 0.3) is 0 Å². The summed E-state index contributed by atoms with van der Waals surface area (Å²) in [5.41, 5.74) is 2.07. The lowest BCUT2D eigenvalue weighted by Gasteiger charge is -2.55. The lowest BCUT2D eigenvalue weighted by Crippen LogP contribution is -2.68. The number of benzene rings is 1. The number of nitrogens with zero attached hydrogens (tertiary/aromatic N) is 2. The molecule has 1 N–H and O–H groups in total. The topological polar surface area (TPSA) is 77.9 Å². The smallest absolute Gasteiger partial charge is 0.220 e. The van der Waals surface area contributed by atoms with Gasteiger partial charge in [-0.2, -0.15) is 0 Å². The van der Waals surface area contributed by atoms with Crippen molar-refractivity contribution in [1.82, 2.24) is 9.21 Å². The largest absolute Gasteiger partial charge is 0.394 e. The van der Waals surface area contributed by atoms with E-state index in [9.17, 15) is 18.3 Å². The normalized spacial score (nSPS) is 23.9. The summed E-state index contributed by atoms with van der Waals surface area (Å²) < 4.78 is 24.8. The fourth-order valence-electron chi connectivity index (χ4n) is 3.48. The van der Waals surface area contributed by atoms with Crippen molar-refractivity contribution in [2.24, 2.45) is 0 Å². The zero-order valence-electron chi connectivity index (χ0n) is 15.1. The Morgan fingerprint density at radius 3 is 2.32 bits per heavy atom. The molecule has 1 saturated heterocycles. The van der Waals surface area contributed by atoms with Crippen LogP contribution in [0.1, 0.15) is 30.9 Å². The van der Waals surface area contributed by atoms with Gasteiger partial charge in [-0.1, -0.05) is 36.4 Å². The molecule has 0 radical (unpaired) electrons. The van der Waals surface area contributed by atoms with Crippen LogP contribution in [0.4, 0.5) is 0 Å². The van der Waals surface area contributed by atoms with Gasteiger partial charge < -0.3 is 10.0 Å². The maximum atomic E-state index is 12.0. The molecule has 1 fully saturated rings. The van der Waals surface area contributed by atoms with E-state index in [4.69, 9.17) is 0 Å². The van der Waals surface area contributed by atoms with Crippen LogP contribution in [0, 0.1) is 0 Å². The van der Waals surface area contributed by atoms with Crippen molar-refractivity contribution >= 4 is 22.0 Å². The van der Waals surface area contributed by atoms with E-state index in [1.807, 2.05) is 43.3 Å². The number of carbonyl (C=O) groups excluding carboxylic acids is 1. The van der Waals surface area contributed by atoms with Crippen molar-refractivity contribution in [1.29, 1.82) is 0 Å². The molecular formula is C18H26N2O4S. The molecule has 6 nitrogen and oxygen atoms in total. The zero-order chi connectivity index (χ0) is 18.8. The summed E-state index contributed by atoms with van der Waals surface area (Å²) in [4.78, 5) is 13.6. The van der Waals surface area contributed by atoms with E-state index in [-0.39, 0.29) is 37.1 Å². The molecule has 1 aromatic rings. The van der Waals surface area contributed by atoms with E-state index < -0.39 is 10.0 Å². The predicted molar refractivity (Wildman–Crippen MR) is 98.5 cm³/mol. The average molecular weight is 366 g/mol. The second-order valence-electron chi connectivity index (χ2n) is 6.48. The number of hydrogen-bond donors (Lipinski definition) is 1. The van der Waals surface area contributed by atoms with Crippen molar-refractivity contribution in [3.63, 3.8) is 0 Å². The van der Waals surface area contributed by atoms with E-state index in [1.54, 1.807) is 4.90 Å². The summed E-state index contributed by atoms with van der Waals surface area (Å²) in [7, 11) is -1.84. The van der Waals surface area contributed by atoms with Gasteiger partial charge in [0.15, 0.2) is 0 Å². The molecule has 3 atom stereocenters. The second-order valence-corrected chi connectivity index (χ2v) is 8.57. The van der Waals surface area contributed by atoms with Crippen molar-refractivity contribution < 1.29 is 18.3 Å². The molecule has 0 aliphatic carbocycles. The van der Waals surface area contributed by atoms with Crippen LogP contribution in [0.5, 0.6) is 0 Å². The molecule has 1 aromatic carbocycles. The molecule has 25 heavy (non-hydrogen) atoms. The molecule has 1 amide bonds. The fourth-order valence-corrected chi connectivity index (χ4v) is 3.91. The summed E-state index contributed by atoms with van der Waals surface area (Å²) in [6.07, 6.45) is 5.09. The number of sulfonamides is 1. The molecule has 0 aromatic heterocycles. The third kappa shape index (κ3) is 4.11. The summed E-state index contributed by atoms with van der Waals surface area (Å²) in [6, 6.07) is 7.31. The Labute approximate surface area is 149 Å². The maximum Gasteiger partial charge on any atom is 0.220 e. The first kappa shape index (κ1) is 19.6. The van der Waals surface area contributed by atoms with Crippen LogP contribution in [0.3, 0.4) is 0 Å². The van der Waals surface area contributed by atoms with Crippen molar-refractivity contribution in [2.45, 2.75) is 31.8 Å².